The van der Waals surface area contributed by atoms with E-state index < -0.39 is 0 Å². The molecule has 3 rings (SSSR count). The Bertz CT molecular complexity index is 351. The molecule has 2 saturated heterocycles. The predicted molar refractivity (Wildman–Crippen MR) is 64.3 cm³/mol. The summed E-state index contributed by atoms with van der Waals surface area (Å²) in [7, 11) is 0. The second-order valence-corrected chi connectivity index (χ2v) is 4.97. The number of fused-ring (bicyclic) bond motifs is 2. The smallest absolute Gasteiger partial charge is 0.0981 e. The van der Waals surface area contributed by atoms with E-state index in [1.807, 2.05) is 0 Å². The molecule has 2 heterocycles. The second-order valence-electron chi connectivity index (χ2n) is 4.97. The number of hydrogen-bond acceptors (Lipinski definition) is 2. The maximum absolute atomic E-state index is 6.21. The average molecular weight is 217 g/mol. The number of ether oxygens (including phenoxy) is 1. The van der Waals surface area contributed by atoms with Gasteiger partial charge in [-0.25, -0.2) is 0 Å². The Kier molecular flexibility index (Phi) is 2.70. The zero-order valence-corrected chi connectivity index (χ0v) is 9.80. The summed E-state index contributed by atoms with van der Waals surface area (Å²) in [4.78, 5) is 2.58. The predicted octanol–water partition coefficient (Wildman–Crippen LogP) is 2.61. The highest BCUT2D eigenvalue weighted by molar-refractivity contribution is 5.20. The molecule has 0 spiro atoms. The van der Waals surface area contributed by atoms with Crippen LogP contribution in [0, 0.1) is 0 Å². The summed E-state index contributed by atoms with van der Waals surface area (Å²) in [5.41, 5.74) is 1.33. The molecule has 0 aromatic heterocycles. The summed E-state index contributed by atoms with van der Waals surface area (Å²) in [5.74, 6) is 0. The Morgan fingerprint density at radius 3 is 2.88 bits per heavy atom. The van der Waals surface area contributed by atoms with Crippen molar-refractivity contribution >= 4 is 0 Å². The van der Waals surface area contributed by atoms with Gasteiger partial charge in [-0.05, 0) is 31.9 Å². The molecule has 0 amide bonds. The Morgan fingerprint density at radius 1 is 1.25 bits per heavy atom. The monoisotopic (exact) mass is 217 g/mol. The van der Waals surface area contributed by atoms with Crippen molar-refractivity contribution in [2.24, 2.45) is 0 Å². The van der Waals surface area contributed by atoms with Gasteiger partial charge in [-0.15, -0.1) is 0 Å². The van der Waals surface area contributed by atoms with Gasteiger partial charge in [0.25, 0.3) is 0 Å². The van der Waals surface area contributed by atoms with E-state index in [4.69, 9.17) is 4.74 Å². The molecule has 1 aromatic rings. The van der Waals surface area contributed by atoms with E-state index in [0.29, 0.717) is 12.1 Å². The van der Waals surface area contributed by atoms with Crippen LogP contribution in [0.1, 0.15) is 31.4 Å². The van der Waals surface area contributed by atoms with Gasteiger partial charge in [-0.1, -0.05) is 30.3 Å². The minimum Gasteiger partial charge on any atom is -0.367 e. The van der Waals surface area contributed by atoms with Gasteiger partial charge in [-0.3, -0.25) is 4.90 Å². The fourth-order valence-electron chi connectivity index (χ4n) is 2.96. The number of nitrogens with zero attached hydrogens (tertiary/aromatic N) is 1. The molecule has 1 aromatic carbocycles. The van der Waals surface area contributed by atoms with Crippen molar-refractivity contribution in [1.29, 1.82) is 0 Å². The highest BCUT2D eigenvalue weighted by Crippen LogP contribution is 2.34. The molecule has 2 nitrogen and oxygen atoms in total. The number of piperidine rings is 1. The van der Waals surface area contributed by atoms with Gasteiger partial charge < -0.3 is 4.74 Å². The molecule has 2 fully saturated rings. The molecule has 2 heteroatoms. The zero-order chi connectivity index (χ0) is 11.0. The Morgan fingerprint density at radius 2 is 2.06 bits per heavy atom. The van der Waals surface area contributed by atoms with Gasteiger partial charge >= 0.3 is 0 Å². The fourth-order valence-corrected chi connectivity index (χ4v) is 2.96. The van der Waals surface area contributed by atoms with Gasteiger partial charge in [-0.2, -0.15) is 0 Å². The summed E-state index contributed by atoms with van der Waals surface area (Å²) in [6.45, 7) is 4.66. The van der Waals surface area contributed by atoms with Gasteiger partial charge in [0.05, 0.1) is 12.2 Å². The molecule has 0 aliphatic carbocycles. The maximum Gasteiger partial charge on any atom is 0.0981 e. The molecule has 0 N–H and O–H groups in total. The number of morpholine rings is 1. The van der Waals surface area contributed by atoms with E-state index in [1.165, 1.54) is 24.9 Å². The van der Waals surface area contributed by atoms with E-state index in [0.717, 1.165) is 6.54 Å². The molecule has 0 saturated carbocycles. The summed E-state index contributed by atoms with van der Waals surface area (Å²) in [5, 5.41) is 0. The summed E-state index contributed by atoms with van der Waals surface area (Å²) >= 11 is 0. The lowest BCUT2D eigenvalue weighted by atomic mass is 9.95. The van der Waals surface area contributed by atoms with Crippen LogP contribution in [0.2, 0.25) is 0 Å². The van der Waals surface area contributed by atoms with E-state index in [2.05, 4.69) is 42.2 Å². The third kappa shape index (κ3) is 1.76. The van der Waals surface area contributed by atoms with Crippen LogP contribution < -0.4 is 0 Å². The maximum atomic E-state index is 6.21. The van der Waals surface area contributed by atoms with Gasteiger partial charge in [0.2, 0.25) is 0 Å². The number of hydrogen-bond donors (Lipinski definition) is 0. The molecular weight excluding hydrogens is 198 g/mol. The first-order valence-electron chi connectivity index (χ1n) is 6.29. The Labute approximate surface area is 97.2 Å². The summed E-state index contributed by atoms with van der Waals surface area (Å²) < 4.78 is 6.21. The van der Waals surface area contributed by atoms with E-state index in [9.17, 15) is 0 Å². The highest BCUT2D eigenvalue weighted by Gasteiger charge is 2.36. The van der Waals surface area contributed by atoms with Crippen molar-refractivity contribution in [3.63, 3.8) is 0 Å². The molecule has 2 aliphatic rings. The third-order valence-corrected chi connectivity index (χ3v) is 3.89. The molecular formula is C14H19NO. The normalized spacial score (nSPS) is 38.3. The third-order valence-electron chi connectivity index (χ3n) is 3.89. The number of rotatable bonds is 1. The second kappa shape index (κ2) is 4.19. The number of benzene rings is 1. The first-order chi connectivity index (χ1) is 7.84. The van der Waals surface area contributed by atoms with Crippen LogP contribution in [0.4, 0.5) is 0 Å². The first kappa shape index (κ1) is 10.3. The topological polar surface area (TPSA) is 12.5 Å². The van der Waals surface area contributed by atoms with Crippen LogP contribution in [-0.4, -0.2) is 30.1 Å². The lowest BCUT2D eigenvalue weighted by molar-refractivity contribution is -0.137. The quantitative estimate of drug-likeness (QED) is 0.717. The van der Waals surface area contributed by atoms with Crippen molar-refractivity contribution in [1.82, 2.24) is 4.90 Å². The highest BCUT2D eigenvalue weighted by atomic mass is 16.5. The average Bonchev–Trinajstić information content (AvgIpc) is 2.35. The largest absolute Gasteiger partial charge is 0.367 e. The minimum atomic E-state index is 0.264. The van der Waals surface area contributed by atoms with Crippen LogP contribution in [-0.2, 0) is 4.74 Å². The van der Waals surface area contributed by atoms with Crippen molar-refractivity contribution < 1.29 is 4.74 Å². The summed E-state index contributed by atoms with van der Waals surface area (Å²) in [6.07, 6.45) is 3.23. The SMILES string of the molecule is C[C@H]1[C@H](c2ccccc2)O[C@H]2CCCN1C2. The van der Waals surface area contributed by atoms with Gasteiger partial charge in [0.15, 0.2) is 0 Å². The zero-order valence-electron chi connectivity index (χ0n) is 9.80. The standard InChI is InChI=1S/C14H19NO/c1-11-14(12-6-3-2-4-7-12)16-13-8-5-9-15(11)10-13/h2-4,6-7,11,13-14H,5,8-10H2,1H3/t11-,13-,14+/m0/s1. The van der Waals surface area contributed by atoms with Crippen LogP contribution in [0.15, 0.2) is 30.3 Å². The van der Waals surface area contributed by atoms with Crippen LogP contribution in [0.25, 0.3) is 0 Å². The van der Waals surface area contributed by atoms with Crippen molar-refractivity contribution in [2.75, 3.05) is 13.1 Å². The van der Waals surface area contributed by atoms with Crippen LogP contribution in [0.5, 0.6) is 0 Å². The van der Waals surface area contributed by atoms with Gasteiger partial charge in [0, 0.05) is 12.6 Å². The molecule has 86 valence electrons. The molecule has 4 atom stereocenters. The van der Waals surface area contributed by atoms with E-state index in [-0.39, 0.29) is 6.10 Å². The summed E-state index contributed by atoms with van der Waals surface area (Å²) in [6, 6.07) is 11.2. The Hall–Kier alpha value is -0.860. The van der Waals surface area contributed by atoms with Crippen molar-refractivity contribution in [3.05, 3.63) is 35.9 Å². The van der Waals surface area contributed by atoms with Crippen LogP contribution >= 0.6 is 0 Å². The molecule has 0 radical (unpaired) electrons. The molecule has 16 heavy (non-hydrogen) atoms. The first-order valence-corrected chi connectivity index (χ1v) is 6.29. The van der Waals surface area contributed by atoms with Crippen molar-refractivity contribution in [3.8, 4) is 0 Å². The molecule has 2 bridgehead atoms. The minimum absolute atomic E-state index is 0.264. The van der Waals surface area contributed by atoms with E-state index in [1.54, 1.807) is 0 Å². The van der Waals surface area contributed by atoms with Gasteiger partial charge in [0.1, 0.15) is 0 Å². The van der Waals surface area contributed by atoms with E-state index >= 15 is 0 Å². The van der Waals surface area contributed by atoms with Crippen LogP contribution in [0.3, 0.4) is 0 Å². The lowest BCUT2D eigenvalue weighted by Gasteiger charge is -2.46. The fraction of sp³-hybridized carbons (Fsp3) is 0.571. The Balaban J connectivity index is 1.85. The lowest BCUT2D eigenvalue weighted by Crippen LogP contribution is -2.52. The molecule has 2 aliphatic heterocycles. The molecule has 1 unspecified atom stereocenters. The van der Waals surface area contributed by atoms with Crippen molar-refractivity contribution in [2.45, 2.75) is 38.0 Å².